The van der Waals surface area contributed by atoms with Crippen molar-refractivity contribution in [3.63, 3.8) is 0 Å². The van der Waals surface area contributed by atoms with Crippen LogP contribution in [-0.2, 0) is 0 Å². The van der Waals surface area contributed by atoms with Crippen LogP contribution in [0.1, 0.15) is 21.7 Å². The second-order valence-electron chi connectivity index (χ2n) is 3.69. The van der Waals surface area contributed by atoms with Crippen LogP contribution in [0.25, 0.3) is 0 Å². The predicted octanol–water partition coefficient (Wildman–Crippen LogP) is 3.20. The fourth-order valence-electron chi connectivity index (χ4n) is 1.42. The lowest BCUT2D eigenvalue weighted by atomic mass is 10.2. The molecule has 2 heterocycles. The Bertz CT molecular complexity index is 543. The first-order valence-corrected chi connectivity index (χ1v) is 5.43. The van der Waals surface area contributed by atoms with E-state index in [2.05, 4.69) is 10.3 Å². The number of carbonyl (C=O) groups excluding carboxylic acids is 1. The van der Waals surface area contributed by atoms with Crippen molar-refractivity contribution < 1.29 is 9.21 Å². The van der Waals surface area contributed by atoms with Crippen molar-refractivity contribution in [2.45, 2.75) is 13.8 Å². The molecule has 2 aromatic rings. The summed E-state index contributed by atoms with van der Waals surface area (Å²) in [7, 11) is 0. The molecule has 88 valence electrons. The fourth-order valence-corrected chi connectivity index (χ4v) is 1.68. The third-order valence-corrected chi connectivity index (χ3v) is 2.63. The first-order valence-electron chi connectivity index (χ1n) is 5.05. The predicted molar refractivity (Wildman–Crippen MR) is 65.4 cm³/mol. The largest absolute Gasteiger partial charge is 0.469 e. The minimum atomic E-state index is -0.264. The number of nitrogens with one attached hydrogen (secondary N) is 1. The number of anilines is 1. The van der Waals surface area contributed by atoms with Gasteiger partial charge in [0.05, 0.1) is 11.3 Å². The molecule has 4 nitrogen and oxygen atoms in total. The lowest BCUT2D eigenvalue weighted by Gasteiger charge is -2.07. The van der Waals surface area contributed by atoms with Gasteiger partial charge in [0.25, 0.3) is 5.91 Å². The monoisotopic (exact) mass is 250 g/mol. The number of carbonyl (C=O) groups is 1. The molecular formula is C12H11ClN2O2. The summed E-state index contributed by atoms with van der Waals surface area (Å²) in [6, 6.07) is 3.44. The summed E-state index contributed by atoms with van der Waals surface area (Å²) >= 11 is 5.92. The van der Waals surface area contributed by atoms with Crippen molar-refractivity contribution in [2.75, 3.05) is 5.32 Å². The van der Waals surface area contributed by atoms with Crippen LogP contribution in [0.4, 0.5) is 5.69 Å². The molecule has 2 aromatic heterocycles. The van der Waals surface area contributed by atoms with Gasteiger partial charge in [-0.15, -0.1) is 0 Å². The van der Waals surface area contributed by atoms with Crippen molar-refractivity contribution in [1.82, 2.24) is 4.98 Å². The number of hydrogen-bond acceptors (Lipinski definition) is 3. The zero-order chi connectivity index (χ0) is 12.4. The molecule has 0 aliphatic rings. The molecule has 0 radical (unpaired) electrons. The average Bonchev–Trinajstić information content (AvgIpc) is 2.70. The van der Waals surface area contributed by atoms with E-state index in [9.17, 15) is 4.79 Å². The number of halogens is 1. The molecule has 0 saturated heterocycles. The number of pyridine rings is 1. The van der Waals surface area contributed by atoms with Gasteiger partial charge in [-0.2, -0.15) is 0 Å². The van der Waals surface area contributed by atoms with Crippen molar-refractivity contribution in [1.29, 1.82) is 0 Å². The van der Waals surface area contributed by atoms with Gasteiger partial charge in [-0.05, 0) is 31.5 Å². The van der Waals surface area contributed by atoms with Gasteiger partial charge >= 0.3 is 0 Å². The van der Waals surface area contributed by atoms with Gasteiger partial charge in [-0.3, -0.25) is 4.79 Å². The number of rotatable bonds is 2. The Hall–Kier alpha value is -1.81. The first kappa shape index (κ1) is 11.7. The van der Waals surface area contributed by atoms with E-state index < -0.39 is 0 Å². The molecule has 0 aliphatic carbocycles. The third kappa shape index (κ3) is 2.47. The smallest absolute Gasteiger partial charge is 0.259 e. The number of amides is 1. The van der Waals surface area contributed by atoms with Crippen molar-refractivity contribution in [3.05, 3.63) is 46.6 Å². The molecule has 0 spiro atoms. The maximum Gasteiger partial charge on any atom is 0.259 e. The number of furan rings is 1. The summed E-state index contributed by atoms with van der Waals surface area (Å²) in [4.78, 5) is 15.8. The highest BCUT2D eigenvalue weighted by atomic mass is 35.5. The number of aryl methyl sites for hydroxylation is 2. The van der Waals surface area contributed by atoms with E-state index >= 15 is 0 Å². The normalized spacial score (nSPS) is 10.3. The van der Waals surface area contributed by atoms with Crippen LogP contribution < -0.4 is 5.32 Å². The SMILES string of the molecule is Cc1cc(C(=O)Nc2c(C)ccnc2Cl)co1. The minimum absolute atomic E-state index is 0.264. The number of hydrogen-bond donors (Lipinski definition) is 1. The quantitative estimate of drug-likeness (QED) is 0.833. The highest BCUT2D eigenvalue weighted by Gasteiger charge is 2.12. The lowest BCUT2D eigenvalue weighted by Crippen LogP contribution is -2.12. The molecular weight excluding hydrogens is 240 g/mol. The molecule has 0 bridgehead atoms. The summed E-state index contributed by atoms with van der Waals surface area (Å²) in [5.74, 6) is 0.420. The van der Waals surface area contributed by atoms with E-state index in [0.717, 1.165) is 5.56 Å². The summed E-state index contributed by atoms with van der Waals surface area (Å²) in [5.41, 5.74) is 1.85. The van der Waals surface area contributed by atoms with E-state index in [1.807, 2.05) is 6.92 Å². The lowest BCUT2D eigenvalue weighted by molar-refractivity contribution is 0.102. The second kappa shape index (κ2) is 4.59. The Morgan fingerprint density at radius 2 is 2.24 bits per heavy atom. The topological polar surface area (TPSA) is 55.1 Å². The Balaban J connectivity index is 2.24. The van der Waals surface area contributed by atoms with Crippen molar-refractivity contribution in [3.8, 4) is 0 Å². The van der Waals surface area contributed by atoms with Gasteiger partial charge in [-0.1, -0.05) is 11.6 Å². The van der Waals surface area contributed by atoms with Crippen LogP contribution in [0.3, 0.4) is 0 Å². The maximum absolute atomic E-state index is 11.9. The maximum atomic E-state index is 11.9. The molecule has 0 aromatic carbocycles. The molecule has 17 heavy (non-hydrogen) atoms. The second-order valence-corrected chi connectivity index (χ2v) is 4.05. The van der Waals surface area contributed by atoms with E-state index in [0.29, 0.717) is 17.0 Å². The molecule has 0 aliphatic heterocycles. The Morgan fingerprint density at radius 3 is 2.82 bits per heavy atom. The van der Waals surface area contributed by atoms with E-state index in [1.54, 1.807) is 25.3 Å². The van der Waals surface area contributed by atoms with E-state index in [-0.39, 0.29) is 11.1 Å². The van der Waals surface area contributed by atoms with Crippen LogP contribution in [0, 0.1) is 13.8 Å². The molecule has 1 N–H and O–H groups in total. The van der Waals surface area contributed by atoms with Crippen LogP contribution in [0.5, 0.6) is 0 Å². The summed E-state index contributed by atoms with van der Waals surface area (Å²) in [6.45, 7) is 3.63. The zero-order valence-electron chi connectivity index (χ0n) is 9.45. The first-order chi connectivity index (χ1) is 8.08. The van der Waals surface area contributed by atoms with Crippen molar-refractivity contribution >= 4 is 23.2 Å². The Labute approximate surface area is 104 Å². The van der Waals surface area contributed by atoms with Crippen molar-refractivity contribution in [2.24, 2.45) is 0 Å². The molecule has 0 atom stereocenters. The summed E-state index contributed by atoms with van der Waals surface area (Å²) < 4.78 is 5.07. The Morgan fingerprint density at radius 1 is 1.47 bits per heavy atom. The molecule has 2 rings (SSSR count). The highest BCUT2D eigenvalue weighted by Crippen LogP contribution is 2.23. The van der Waals surface area contributed by atoms with Gasteiger partial charge in [-0.25, -0.2) is 4.98 Å². The van der Waals surface area contributed by atoms with Crippen LogP contribution >= 0.6 is 11.6 Å². The van der Waals surface area contributed by atoms with Gasteiger partial charge < -0.3 is 9.73 Å². The third-order valence-electron chi connectivity index (χ3n) is 2.34. The molecule has 1 amide bonds. The highest BCUT2D eigenvalue weighted by molar-refractivity contribution is 6.32. The van der Waals surface area contributed by atoms with Crippen LogP contribution in [-0.4, -0.2) is 10.9 Å². The molecule has 0 saturated carbocycles. The van der Waals surface area contributed by atoms with Gasteiger partial charge in [0.2, 0.25) is 0 Å². The van der Waals surface area contributed by atoms with E-state index in [1.165, 1.54) is 6.26 Å². The molecule has 0 unspecified atom stereocenters. The summed E-state index contributed by atoms with van der Waals surface area (Å²) in [6.07, 6.45) is 3.00. The van der Waals surface area contributed by atoms with Crippen LogP contribution in [0.2, 0.25) is 5.15 Å². The Kier molecular flexibility index (Phi) is 3.15. The van der Waals surface area contributed by atoms with Gasteiger partial charge in [0.15, 0.2) is 5.15 Å². The van der Waals surface area contributed by atoms with Gasteiger partial charge in [0.1, 0.15) is 12.0 Å². The molecule has 5 heteroatoms. The molecule has 0 fully saturated rings. The van der Waals surface area contributed by atoms with Crippen LogP contribution in [0.15, 0.2) is 29.0 Å². The number of nitrogens with zero attached hydrogens (tertiary/aromatic N) is 1. The fraction of sp³-hybridized carbons (Fsp3) is 0.167. The summed E-state index contributed by atoms with van der Waals surface area (Å²) in [5, 5.41) is 2.99. The average molecular weight is 251 g/mol. The van der Waals surface area contributed by atoms with E-state index in [4.69, 9.17) is 16.0 Å². The standard InChI is InChI=1S/C12H11ClN2O2/c1-7-3-4-14-11(13)10(7)15-12(16)9-5-8(2)17-6-9/h3-6H,1-2H3,(H,15,16). The zero-order valence-corrected chi connectivity index (χ0v) is 10.2. The minimum Gasteiger partial charge on any atom is -0.469 e. The number of aromatic nitrogens is 1. The van der Waals surface area contributed by atoms with Gasteiger partial charge in [0, 0.05) is 6.20 Å².